The second kappa shape index (κ2) is 7.76. The predicted molar refractivity (Wildman–Crippen MR) is 96.6 cm³/mol. The minimum Gasteiger partial charge on any atom is -0.486 e. The van der Waals surface area contributed by atoms with E-state index in [1.165, 1.54) is 18.3 Å². The summed E-state index contributed by atoms with van der Waals surface area (Å²) in [6, 6.07) is 6.65. The Morgan fingerprint density at radius 2 is 2.00 bits per heavy atom. The van der Waals surface area contributed by atoms with Crippen molar-refractivity contribution in [1.82, 2.24) is 5.32 Å². The first kappa shape index (κ1) is 17.6. The summed E-state index contributed by atoms with van der Waals surface area (Å²) in [7, 11) is 0. The minimum atomic E-state index is -0.381. The minimum absolute atomic E-state index is 0.102. The van der Waals surface area contributed by atoms with Gasteiger partial charge in [-0.3, -0.25) is 9.59 Å². The molecule has 6 nitrogen and oxygen atoms in total. The SMILES string of the molecule is CC(=O)NC(CC(=O)Nc1cc2c(cc1Cl)OCCO2)c1cccs1. The number of benzene rings is 1. The van der Waals surface area contributed by atoms with Gasteiger partial charge in [0.2, 0.25) is 11.8 Å². The van der Waals surface area contributed by atoms with Gasteiger partial charge in [-0.25, -0.2) is 0 Å². The zero-order chi connectivity index (χ0) is 17.8. The zero-order valence-corrected chi connectivity index (χ0v) is 15.1. The van der Waals surface area contributed by atoms with Crippen LogP contribution < -0.4 is 20.1 Å². The highest BCUT2D eigenvalue weighted by atomic mass is 35.5. The first-order valence-electron chi connectivity index (χ1n) is 7.72. The van der Waals surface area contributed by atoms with Crippen molar-refractivity contribution in [2.24, 2.45) is 0 Å². The fourth-order valence-corrected chi connectivity index (χ4v) is 3.48. The Kier molecular flexibility index (Phi) is 5.45. The molecule has 0 aliphatic carbocycles. The van der Waals surface area contributed by atoms with Crippen molar-refractivity contribution in [2.45, 2.75) is 19.4 Å². The fourth-order valence-electron chi connectivity index (χ4n) is 2.50. The molecule has 3 rings (SSSR count). The average Bonchev–Trinajstić information content (AvgIpc) is 3.09. The lowest BCUT2D eigenvalue weighted by Gasteiger charge is -2.20. The van der Waals surface area contributed by atoms with Crippen molar-refractivity contribution < 1.29 is 19.1 Å². The van der Waals surface area contributed by atoms with Crippen LogP contribution in [0.1, 0.15) is 24.3 Å². The van der Waals surface area contributed by atoms with Crippen molar-refractivity contribution in [3.63, 3.8) is 0 Å². The number of amides is 2. The number of fused-ring (bicyclic) bond motifs is 1. The van der Waals surface area contributed by atoms with Gasteiger partial charge in [0.1, 0.15) is 13.2 Å². The maximum Gasteiger partial charge on any atom is 0.226 e. The van der Waals surface area contributed by atoms with Gasteiger partial charge in [-0.05, 0) is 11.4 Å². The molecule has 0 saturated carbocycles. The van der Waals surface area contributed by atoms with Crippen molar-refractivity contribution in [1.29, 1.82) is 0 Å². The summed E-state index contributed by atoms with van der Waals surface area (Å²) in [6.07, 6.45) is 0.102. The summed E-state index contributed by atoms with van der Waals surface area (Å²) in [6.45, 7) is 2.34. The van der Waals surface area contributed by atoms with Crippen LogP contribution >= 0.6 is 22.9 Å². The Morgan fingerprint density at radius 1 is 1.28 bits per heavy atom. The van der Waals surface area contributed by atoms with Crippen LogP contribution in [0.2, 0.25) is 5.02 Å². The van der Waals surface area contributed by atoms with E-state index in [9.17, 15) is 9.59 Å². The Bertz CT molecular complexity index is 779. The number of anilines is 1. The largest absolute Gasteiger partial charge is 0.486 e. The Balaban J connectivity index is 1.72. The van der Waals surface area contributed by atoms with Crippen LogP contribution in [0.5, 0.6) is 11.5 Å². The summed E-state index contributed by atoms with van der Waals surface area (Å²) >= 11 is 7.69. The van der Waals surface area contributed by atoms with E-state index >= 15 is 0 Å². The average molecular weight is 381 g/mol. The number of hydrogen-bond donors (Lipinski definition) is 2. The van der Waals surface area contributed by atoms with Crippen molar-refractivity contribution in [2.75, 3.05) is 18.5 Å². The van der Waals surface area contributed by atoms with Crippen LogP contribution in [0, 0.1) is 0 Å². The maximum atomic E-state index is 12.4. The standard InChI is InChI=1S/C17H17ClN2O4S/c1-10(21)19-13(16-3-2-6-25-16)9-17(22)20-12-8-15-14(7-11(12)18)23-4-5-24-15/h2-3,6-8,13H,4-5,9H2,1H3,(H,19,21)(H,20,22). The van der Waals surface area contributed by atoms with Crippen LogP contribution in [0.15, 0.2) is 29.6 Å². The van der Waals surface area contributed by atoms with Gasteiger partial charge < -0.3 is 20.1 Å². The topological polar surface area (TPSA) is 76.7 Å². The molecule has 2 amide bonds. The number of carbonyl (C=O) groups excluding carboxylic acids is 2. The van der Waals surface area contributed by atoms with Crippen LogP contribution in [0.25, 0.3) is 0 Å². The fraction of sp³-hybridized carbons (Fsp3) is 0.294. The highest BCUT2D eigenvalue weighted by Gasteiger charge is 2.20. The molecule has 2 N–H and O–H groups in total. The lowest BCUT2D eigenvalue weighted by Crippen LogP contribution is -2.29. The summed E-state index contributed by atoms with van der Waals surface area (Å²) in [5, 5.41) is 7.84. The monoisotopic (exact) mass is 380 g/mol. The first-order valence-corrected chi connectivity index (χ1v) is 8.98. The molecular weight excluding hydrogens is 364 g/mol. The molecule has 1 aliphatic rings. The van der Waals surface area contributed by atoms with Gasteiger partial charge in [0.15, 0.2) is 11.5 Å². The molecule has 1 aliphatic heterocycles. The van der Waals surface area contributed by atoms with Crippen molar-refractivity contribution in [3.05, 3.63) is 39.5 Å². The van der Waals surface area contributed by atoms with Crippen molar-refractivity contribution in [3.8, 4) is 11.5 Å². The molecule has 0 fully saturated rings. The molecule has 132 valence electrons. The normalized spacial score (nSPS) is 13.8. The summed E-state index contributed by atoms with van der Waals surface area (Å²) in [5.41, 5.74) is 0.448. The second-order valence-electron chi connectivity index (χ2n) is 5.50. The molecule has 25 heavy (non-hydrogen) atoms. The Morgan fingerprint density at radius 3 is 2.64 bits per heavy atom. The van der Waals surface area contributed by atoms with Crippen LogP contribution in [-0.4, -0.2) is 25.0 Å². The quantitative estimate of drug-likeness (QED) is 0.833. The van der Waals surface area contributed by atoms with Gasteiger partial charge >= 0.3 is 0 Å². The van der Waals surface area contributed by atoms with E-state index in [0.29, 0.717) is 35.4 Å². The smallest absolute Gasteiger partial charge is 0.226 e. The van der Waals surface area contributed by atoms with E-state index in [0.717, 1.165) is 4.88 Å². The number of hydrogen-bond acceptors (Lipinski definition) is 5. The van der Waals surface area contributed by atoms with E-state index in [-0.39, 0.29) is 24.3 Å². The zero-order valence-electron chi connectivity index (χ0n) is 13.5. The van der Waals surface area contributed by atoms with Gasteiger partial charge in [-0.1, -0.05) is 17.7 Å². The van der Waals surface area contributed by atoms with Crippen LogP contribution in [0.4, 0.5) is 5.69 Å². The molecule has 1 aromatic carbocycles. The van der Waals surface area contributed by atoms with E-state index in [2.05, 4.69) is 10.6 Å². The number of ether oxygens (including phenoxy) is 2. The van der Waals surface area contributed by atoms with Gasteiger partial charge in [0.05, 0.1) is 23.2 Å². The maximum absolute atomic E-state index is 12.4. The first-order chi connectivity index (χ1) is 12.0. The number of rotatable bonds is 5. The predicted octanol–water partition coefficient (Wildman–Crippen LogP) is 3.38. The highest BCUT2D eigenvalue weighted by Crippen LogP contribution is 2.38. The van der Waals surface area contributed by atoms with Gasteiger partial charge in [-0.15, -0.1) is 11.3 Å². The molecule has 8 heteroatoms. The van der Waals surface area contributed by atoms with Crippen LogP contribution in [-0.2, 0) is 9.59 Å². The lowest BCUT2D eigenvalue weighted by molar-refractivity contribution is -0.120. The van der Waals surface area contributed by atoms with E-state index in [1.807, 2.05) is 17.5 Å². The Labute approximate surface area is 154 Å². The molecule has 0 spiro atoms. The van der Waals surface area contributed by atoms with E-state index in [4.69, 9.17) is 21.1 Å². The van der Waals surface area contributed by atoms with E-state index in [1.54, 1.807) is 12.1 Å². The van der Waals surface area contributed by atoms with E-state index < -0.39 is 0 Å². The van der Waals surface area contributed by atoms with Gasteiger partial charge in [0, 0.05) is 23.9 Å². The number of halogens is 1. The Hall–Kier alpha value is -2.25. The second-order valence-corrected chi connectivity index (χ2v) is 6.88. The number of carbonyl (C=O) groups is 2. The molecule has 1 aromatic heterocycles. The highest BCUT2D eigenvalue weighted by molar-refractivity contribution is 7.10. The third-order valence-electron chi connectivity index (χ3n) is 3.56. The molecule has 0 radical (unpaired) electrons. The molecule has 2 heterocycles. The summed E-state index contributed by atoms with van der Waals surface area (Å²) in [4.78, 5) is 24.8. The molecule has 1 unspecified atom stereocenters. The van der Waals surface area contributed by atoms with Crippen LogP contribution in [0.3, 0.4) is 0 Å². The molecule has 1 atom stereocenters. The summed E-state index contributed by atoms with van der Waals surface area (Å²) in [5.74, 6) is 0.654. The molecule has 2 aromatic rings. The molecular formula is C17H17ClN2O4S. The third kappa shape index (κ3) is 4.43. The molecule has 0 bridgehead atoms. The van der Waals surface area contributed by atoms with Gasteiger partial charge in [0.25, 0.3) is 0 Å². The number of thiophene rings is 1. The van der Waals surface area contributed by atoms with Gasteiger partial charge in [-0.2, -0.15) is 0 Å². The summed E-state index contributed by atoms with van der Waals surface area (Å²) < 4.78 is 11.0. The lowest BCUT2D eigenvalue weighted by atomic mass is 10.1. The van der Waals surface area contributed by atoms with Crippen molar-refractivity contribution >= 4 is 40.4 Å². The number of nitrogens with one attached hydrogen (secondary N) is 2. The molecule has 0 saturated heterocycles. The third-order valence-corrected chi connectivity index (χ3v) is 4.86.